The summed E-state index contributed by atoms with van der Waals surface area (Å²) in [6.45, 7) is 4.98. The molecule has 1 aliphatic rings. The lowest BCUT2D eigenvalue weighted by molar-refractivity contribution is 0.0410. The molecule has 1 rings (SSSR count). The van der Waals surface area contributed by atoms with Gasteiger partial charge >= 0.3 is 5.37 Å². The van der Waals surface area contributed by atoms with Gasteiger partial charge in [-0.05, 0) is 18.5 Å². The molecule has 1 unspecified atom stereocenters. The number of morpholine rings is 1. The van der Waals surface area contributed by atoms with Gasteiger partial charge in [-0.15, -0.1) is 0 Å². The summed E-state index contributed by atoms with van der Waals surface area (Å²) in [7, 11) is 0. The Kier molecular flexibility index (Phi) is 6.21. The van der Waals surface area contributed by atoms with Gasteiger partial charge in [-0.1, -0.05) is 0 Å². The molecule has 0 aromatic rings. The minimum Gasteiger partial charge on any atom is -0.376 e. The van der Waals surface area contributed by atoms with Gasteiger partial charge in [-0.3, -0.25) is 4.79 Å². The maximum atomic E-state index is 8.99. The molecule has 0 saturated carbocycles. The zero-order chi connectivity index (χ0) is 8.69. The number of hydrogen-bond donors (Lipinski definition) is 2. The standard InChI is InChI=1S/C5H11NO.CH2ClNO/c1-5-4-6-2-3-7-5;2-1(3)4/h5-6H,2-4H2,1H3;(H2,3,4). The van der Waals surface area contributed by atoms with E-state index >= 15 is 0 Å². The van der Waals surface area contributed by atoms with Crippen LogP contribution in [-0.2, 0) is 4.74 Å². The van der Waals surface area contributed by atoms with Gasteiger partial charge < -0.3 is 15.8 Å². The molecular formula is C6H13ClN2O2. The maximum Gasteiger partial charge on any atom is 0.311 e. The van der Waals surface area contributed by atoms with E-state index in [-0.39, 0.29) is 0 Å². The monoisotopic (exact) mass is 180 g/mol. The highest BCUT2D eigenvalue weighted by Gasteiger charge is 2.04. The van der Waals surface area contributed by atoms with E-state index < -0.39 is 5.37 Å². The third-order valence-electron chi connectivity index (χ3n) is 1.11. The van der Waals surface area contributed by atoms with Crippen LogP contribution >= 0.6 is 11.6 Å². The summed E-state index contributed by atoms with van der Waals surface area (Å²) in [6.07, 6.45) is 0.425. The molecule has 1 atom stereocenters. The van der Waals surface area contributed by atoms with E-state index in [0.717, 1.165) is 19.7 Å². The van der Waals surface area contributed by atoms with Gasteiger partial charge in [0, 0.05) is 13.1 Å². The fourth-order valence-electron chi connectivity index (χ4n) is 0.697. The van der Waals surface area contributed by atoms with Gasteiger partial charge in [0.15, 0.2) is 0 Å². The third kappa shape index (κ3) is 9.68. The predicted molar refractivity (Wildman–Crippen MR) is 43.7 cm³/mol. The molecule has 1 aliphatic heterocycles. The van der Waals surface area contributed by atoms with Crippen molar-refractivity contribution in [3.8, 4) is 0 Å². The van der Waals surface area contributed by atoms with E-state index in [9.17, 15) is 0 Å². The number of primary amides is 1. The van der Waals surface area contributed by atoms with E-state index in [1.54, 1.807) is 0 Å². The molecule has 1 amide bonds. The molecule has 1 saturated heterocycles. The predicted octanol–water partition coefficient (Wildman–Crippen LogP) is 0.299. The number of halogens is 1. The van der Waals surface area contributed by atoms with E-state index in [1.165, 1.54) is 0 Å². The normalized spacial score (nSPS) is 23.3. The Balaban J connectivity index is 0.000000218. The van der Waals surface area contributed by atoms with Gasteiger partial charge in [0.1, 0.15) is 0 Å². The van der Waals surface area contributed by atoms with Crippen LogP contribution in [0.2, 0.25) is 0 Å². The second kappa shape index (κ2) is 6.39. The van der Waals surface area contributed by atoms with E-state index in [1.807, 2.05) is 0 Å². The molecular weight excluding hydrogens is 168 g/mol. The lowest BCUT2D eigenvalue weighted by Gasteiger charge is -2.18. The fourth-order valence-corrected chi connectivity index (χ4v) is 0.697. The number of carbonyl (C=O) groups is 1. The molecule has 1 fully saturated rings. The Morgan fingerprint density at radius 3 is 2.55 bits per heavy atom. The van der Waals surface area contributed by atoms with Gasteiger partial charge in [0.2, 0.25) is 0 Å². The van der Waals surface area contributed by atoms with Crippen molar-refractivity contribution in [2.45, 2.75) is 13.0 Å². The van der Waals surface area contributed by atoms with E-state index in [4.69, 9.17) is 9.53 Å². The van der Waals surface area contributed by atoms with Gasteiger partial charge in [0.25, 0.3) is 0 Å². The summed E-state index contributed by atoms with van der Waals surface area (Å²) in [6, 6.07) is 0. The molecule has 66 valence electrons. The number of hydrogen-bond acceptors (Lipinski definition) is 3. The molecule has 0 aromatic carbocycles. The highest BCUT2D eigenvalue weighted by atomic mass is 35.5. The highest BCUT2D eigenvalue weighted by molar-refractivity contribution is 6.62. The van der Waals surface area contributed by atoms with Crippen molar-refractivity contribution >= 4 is 17.0 Å². The van der Waals surface area contributed by atoms with Crippen LogP contribution in [-0.4, -0.2) is 31.2 Å². The third-order valence-corrected chi connectivity index (χ3v) is 1.11. The smallest absolute Gasteiger partial charge is 0.311 e. The van der Waals surface area contributed by atoms with Crippen molar-refractivity contribution in [2.24, 2.45) is 5.73 Å². The molecule has 3 N–H and O–H groups in total. The zero-order valence-corrected chi connectivity index (χ0v) is 7.23. The first-order valence-electron chi connectivity index (χ1n) is 3.40. The number of nitrogens with two attached hydrogens (primary N) is 1. The Bertz CT molecular complexity index is 111. The van der Waals surface area contributed by atoms with Crippen LogP contribution in [0, 0.1) is 0 Å². The minimum atomic E-state index is -0.861. The first kappa shape index (κ1) is 10.7. The summed E-state index contributed by atoms with van der Waals surface area (Å²) < 4.78 is 5.22. The van der Waals surface area contributed by atoms with Crippen LogP contribution in [0.4, 0.5) is 4.79 Å². The Labute approximate surface area is 71.0 Å². The van der Waals surface area contributed by atoms with E-state index in [2.05, 4.69) is 29.6 Å². The van der Waals surface area contributed by atoms with Crippen LogP contribution in [0.1, 0.15) is 6.92 Å². The van der Waals surface area contributed by atoms with Crippen molar-refractivity contribution in [3.63, 3.8) is 0 Å². The second-order valence-electron chi connectivity index (χ2n) is 2.19. The number of nitrogens with one attached hydrogen (secondary N) is 1. The van der Waals surface area contributed by atoms with Crippen molar-refractivity contribution in [2.75, 3.05) is 19.7 Å². The van der Waals surface area contributed by atoms with Crippen LogP contribution in [0.15, 0.2) is 0 Å². The number of amides is 1. The number of carbonyl (C=O) groups excluding carboxylic acids is 1. The van der Waals surface area contributed by atoms with Crippen LogP contribution in [0.3, 0.4) is 0 Å². The minimum absolute atomic E-state index is 0.425. The zero-order valence-electron chi connectivity index (χ0n) is 6.47. The average Bonchev–Trinajstić information content (AvgIpc) is 1.87. The molecule has 0 aliphatic carbocycles. The number of rotatable bonds is 0. The lowest BCUT2D eigenvalue weighted by atomic mass is 10.3. The maximum absolute atomic E-state index is 8.99. The summed E-state index contributed by atoms with van der Waals surface area (Å²) in [5.74, 6) is 0. The lowest BCUT2D eigenvalue weighted by Crippen LogP contribution is -2.36. The summed E-state index contributed by atoms with van der Waals surface area (Å²) >= 11 is 4.41. The van der Waals surface area contributed by atoms with Crippen LogP contribution in [0.5, 0.6) is 0 Å². The quantitative estimate of drug-likeness (QED) is 0.416. The Hall–Kier alpha value is -0.320. The van der Waals surface area contributed by atoms with Crippen LogP contribution < -0.4 is 11.1 Å². The molecule has 0 spiro atoms. The molecule has 1 heterocycles. The van der Waals surface area contributed by atoms with Gasteiger partial charge in [0.05, 0.1) is 12.7 Å². The van der Waals surface area contributed by atoms with Gasteiger partial charge in [-0.2, -0.15) is 0 Å². The Morgan fingerprint density at radius 2 is 2.36 bits per heavy atom. The molecule has 0 radical (unpaired) electrons. The molecule has 11 heavy (non-hydrogen) atoms. The molecule has 5 heteroatoms. The van der Waals surface area contributed by atoms with Crippen molar-refractivity contribution < 1.29 is 9.53 Å². The topological polar surface area (TPSA) is 64.3 Å². The SMILES string of the molecule is CC1CNCCO1.NC(=O)Cl. The second-order valence-corrected chi connectivity index (χ2v) is 2.56. The summed E-state index contributed by atoms with van der Waals surface area (Å²) in [5.41, 5.74) is 4.24. The largest absolute Gasteiger partial charge is 0.376 e. The van der Waals surface area contributed by atoms with Gasteiger partial charge in [-0.25, -0.2) is 0 Å². The van der Waals surface area contributed by atoms with E-state index in [0.29, 0.717) is 6.10 Å². The average molecular weight is 181 g/mol. The summed E-state index contributed by atoms with van der Waals surface area (Å²) in [5, 5.41) is 2.35. The first-order valence-corrected chi connectivity index (χ1v) is 3.78. The molecule has 0 aromatic heterocycles. The number of ether oxygens (including phenoxy) is 1. The van der Waals surface area contributed by atoms with Crippen molar-refractivity contribution in [3.05, 3.63) is 0 Å². The summed E-state index contributed by atoms with van der Waals surface area (Å²) in [4.78, 5) is 8.99. The molecule has 0 bridgehead atoms. The van der Waals surface area contributed by atoms with Crippen LogP contribution in [0.25, 0.3) is 0 Å². The van der Waals surface area contributed by atoms with Crippen molar-refractivity contribution in [1.82, 2.24) is 5.32 Å². The first-order chi connectivity index (χ1) is 5.13. The Morgan fingerprint density at radius 1 is 1.82 bits per heavy atom. The molecule has 4 nitrogen and oxygen atoms in total. The fraction of sp³-hybridized carbons (Fsp3) is 0.833. The highest BCUT2D eigenvalue weighted by Crippen LogP contribution is 1.91. The van der Waals surface area contributed by atoms with Crippen molar-refractivity contribution in [1.29, 1.82) is 0 Å².